The van der Waals surface area contributed by atoms with E-state index in [2.05, 4.69) is 179 Å². The van der Waals surface area contributed by atoms with Crippen LogP contribution in [0.3, 0.4) is 0 Å². The fraction of sp³-hybridized carbons (Fsp3) is 0.138. The van der Waals surface area contributed by atoms with E-state index in [1.165, 1.54) is 91.6 Å². The van der Waals surface area contributed by atoms with Gasteiger partial charge in [-0.3, -0.25) is 9.55 Å². The van der Waals surface area contributed by atoms with Gasteiger partial charge in [-0.15, -0.1) is 0 Å². The molecule has 2 unspecified atom stereocenters. The highest BCUT2D eigenvalue weighted by Gasteiger charge is 2.59. The summed E-state index contributed by atoms with van der Waals surface area (Å²) >= 11 is 0. The van der Waals surface area contributed by atoms with Gasteiger partial charge in [-0.25, -0.2) is 4.98 Å². The Morgan fingerprint density at radius 2 is 1.13 bits per heavy atom. The van der Waals surface area contributed by atoms with Gasteiger partial charge in [-0.1, -0.05) is 121 Å². The van der Waals surface area contributed by atoms with Crippen molar-refractivity contribution in [1.29, 1.82) is 0 Å². The summed E-state index contributed by atoms with van der Waals surface area (Å²) in [7, 11) is 0. The Bertz CT molecular complexity index is 3790. The maximum absolute atomic E-state index is 5.29. The minimum Gasteiger partial charge on any atom is -0.309 e. The minimum absolute atomic E-state index is 0.0964. The number of aromatic nitrogens is 4. The lowest BCUT2D eigenvalue weighted by molar-refractivity contribution is 0.0734. The van der Waals surface area contributed by atoms with E-state index >= 15 is 0 Å². The molecule has 2 saturated carbocycles. The van der Waals surface area contributed by atoms with Crippen LogP contribution in [-0.4, -0.2) is 19.1 Å². The van der Waals surface area contributed by atoms with Crippen molar-refractivity contribution >= 4 is 65.4 Å². The number of benzene rings is 8. The predicted octanol–water partition coefficient (Wildman–Crippen LogP) is 14.3. The molecule has 0 N–H and O–H groups in total. The summed E-state index contributed by atoms with van der Waals surface area (Å²) in [5.74, 6) is 2.93. The number of allylic oxidation sites excluding steroid dienone is 2. The third-order valence-electron chi connectivity index (χ3n) is 15.7. The molecular weight excluding hydrogens is 753 g/mol. The topological polar surface area (TPSA) is 35.6 Å². The molecule has 16 rings (SSSR count). The molecule has 62 heavy (non-hydrogen) atoms. The number of nitrogens with zero attached hydrogens (tertiary/aromatic N) is 4. The van der Waals surface area contributed by atoms with Gasteiger partial charge in [0.2, 0.25) is 0 Å². The van der Waals surface area contributed by atoms with E-state index in [9.17, 15) is 0 Å². The Labute approximate surface area is 358 Å². The Morgan fingerprint density at radius 3 is 1.89 bits per heavy atom. The number of para-hydroxylation sites is 2. The maximum atomic E-state index is 5.29. The molecule has 3 heterocycles. The Morgan fingerprint density at radius 1 is 0.500 bits per heavy atom. The summed E-state index contributed by atoms with van der Waals surface area (Å²) < 4.78 is 4.81. The van der Waals surface area contributed by atoms with Crippen molar-refractivity contribution in [1.82, 2.24) is 19.1 Å². The van der Waals surface area contributed by atoms with Gasteiger partial charge in [-0.05, 0) is 137 Å². The van der Waals surface area contributed by atoms with E-state index in [1.807, 2.05) is 6.20 Å². The van der Waals surface area contributed by atoms with Crippen molar-refractivity contribution in [2.45, 2.75) is 31.1 Å². The molecule has 2 fully saturated rings. The number of hydrogen-bond acceptors (Lipinski definition) is 2. The van der Waals surface area contributed by atoms with Crippen molar-refractivity contribution in [2.24, 2.45) is 17.8 Å². The standard InChI is InChI=1S/C58H40N4/c1-2-10-42-36(9-1)17-22-51-57(42)60-56(33-59-51)62-53-16-8-5-13-46(53)48-31-38(19-24-55(48)62)37-18-23-54-47(30-37)45-12-4-7-15-52(45)61(54)41-20-21-44-43-11-3-6-14-49(43)58(50(44)32-41)39-26-34-25-35(28-39)29-40(58)27-34/h1-25,30-34,39-40H,26-29H2. The fourth-order valence-corrected chi connectivity index (χ4v) is 13.4. The van der Waals surface area contributed by atoms with Crippen molar-refractivity contribution in [3.05, 3.63) is 193 Å². The molecule has 0 radical (unpaired) electrons. The summed E-state index contributed by atoms with van der Waals surface area (Å²) in [6, 6.07) is 61.2. The van der Waals surface area contributed by atoms with E-state index in [-0.39, 0.29) is 5.41 Å². The summed E-state index contributed by atoms with van der Waals surface area (Å²) in [5, 5.41) is 7.25. The molecule has 0 saturated heterocycles. The smallest absolute Gasteiger partial charge is 0.156 e. The lowest BCUT2D eigenvalue weighted by Gasteiger charge is -2.58. The fourth-order valence-electron chi connectivity index (χ4n) is 13.4. The van der Waals surface area contributed by atoms with Gasteiger partial charge in [0.1, 0.15) is 0 Å². The van der Waals surface area contributed by atoms with Crippen molar-refractivity contribution in [3.8, 4) is 33.8 Å². The first-order chi connectivity index (χ1) is 30.7. The van der Waals surface area contributed by atoms with Gasteiger partial charge >= 0.3 is 0 Å². The average molecular weight is 793 g/mol. The molecular formula is C58H40N4. The SMILES string of the molecule is C1=C2CC3CC1CC(C2)C31c2ccccc2-c2ccc(-n3c4ccccc4c4cc(-c5ccc6c(c5)c5ccccc5n6-c5cnc6ccc7ccccc7c6n5)ccc43)cc21. The zero-order valence-corrected chi connectivity index (χ0v) is 34.1. The first kappa shape index (κ1) is 33.4. The average Bonchev–Trinajstić information content (AvgIpc) is 3.94. The minimum atomic E-state index is 0.0964. The molecule has 5 aliphatic carbocycles. The van der Waals surface area contributed by atoms with Gasteiger partial charge in [-0.2, -0.15) is 0 Å². The molecule has 11 aromatic rings. The van der Waals surface area contributed by atoms with Crippen molar-refractivity contribution in [3.63, 3.8) is 0 Å². The highest BCUT2D eigenvalue weighted by molar-refractivity contribution is 6.13. The second-order valence-corrected chi connectivity index (χ2v) is 18.6. The van der Waals surface area contributed by atoms with Crippen LogP contribution in [0, 0.1) is 17.8 Å². The molecule has 4 nitrogen and oxygen atoms in total. The normalized spacial score (nSPS) is 21.0. The number of rotatable bonds is 3. The van der Waals surface area contributed by atoms with Crippen LogP contribution in [0.1, 0.15) is 36.8 Å². The molecule has 8 aromatic carbocycles. The summed E-state index contributed by atoms with van der Waals surface area (Å²) in [4.78, 5) is 10.2. The second-order valence-electron chi connectivity index (χ2n) is 18.6. The summed E-state index contributed by atoms with van der Waals surface area (Å²) in [6.07, 6.45) is 9.70. The molecule has 4 heteroatoms. The van der Waals surface area contributed by atoms with Crippen molar-refractivity contribution < 1.29 is 0 Å². The summed E-state index contributed by atoms with van der Waals surface area (Å²) in [5.41, 5.74) is 18.1. The molecule has 5 aliphatic rings. The quantitative estimate of drug-likeness (QED) is 0.132. The molecule has 2 atom stereocenters. The first-order valence-corrected chi connectivity index (χ1v) is 22.3. The van der Waals surface area contributed by atoms with Crippen LogP contribution in [0.4, 0.5) is 0 Å². The second kappa shape index (κ2) is 12.0. The Kier molecular flexibility index (Phi) is 6.44. The third-order valence-corrected chi connectivity index (χ3v) is 15.7. The molecule has 0 aliphatic heterocycles. The lowest BCUT2D eigenvalue weighted by Crippen LogP contribution is -2.52. The van der Waals surface area contributed by atoms with Crippen LogP contribution in [0.5, 0.6) is 0 Å². The van der Waals surface area contributed by atoms with E-state index in [4.69, 9.17) is 9.97 Å². The molecule has 3 aromatic heterocycles. The monoisotopic (exact) mass is 792 g/mol. The zero-order valence-electron chi connectivity index (χ0n) is 34.1. The van der Waals surface area contributed by atoms with E-state index in [1.54, 1.807) is 16.7 Å². The van der Waals surface area contributed by atoms with Crippen LogP contribution in [-0.2, 0) is 5.41 Å². The predicted molar refractivity (Wildman–Crippen MR) is 254 cm³/mol. The van der Waals surface area contributed by atoms with E-state index < -0.39 is 0 Å². The van der Waals surface area contributed by atoms with Gasteiger partial charge in [0, 0.05) is 38.0 Å². The first-order valence-electron chi connectivity index (χ1n) is 22.3. The van der Waals surface area contributed by atoms with Gasteiger partial charge < -0.3 is 4.57 Å². The molecule has 4 bridgehead atoms. The molecule has 0 amide bonds. The Hall–Kier alpha value is -7.30. The number of fused-ring (bicyclic) bond motifs is 12. The molecule has 1 spiro atoms. The van der Waals surface area contributed by atoms with E-state index in [0.717, 1.165) is 39.2 Å². The molecule has 292 valence electrons. The third kappa shape index (κ3) is 4.27. The zero-order chi connectivity index (χ0) is 40.3. The maximum Gasteiger partial charge on any atom is 0.156 e. The number of hydrogen-bond donors (Lipinski definition) is 0. The Balaban J connectivity index is 0.885. The van der Waals surface area contributed by atoms with Gasteiger partial charge in [0.05, 0.1) is 39.3 Å². The van der Waals surface area contributed by atoms with Gasteiger partial charge in [0.15, 0.2) is 5.82 Å². The van der Waals surface area contributed by atoms with Crippen LogP contribution in [0.15, 0.2) is 182 Å². The summed E-state index contributed by atoms with van der Waals surface area (Å²) in [6.45, 7) is 0. The lowest BCUT2D eigenvalue weighted by atomic mass is 9.46. The van der Waals surface area contributed by atoms with Crippen molar-refractivity contribution in [2.75, 3.05) is 0 Å². The van der Waals surface area contributed by atoms with Gasteiger partial charge in [0.25, 0.3) is 0 Å². The van der Waals surface area contributed by atoms with Crippen LogP contribution in [0.2, 0.25) is 0 Å². The largest absolute Gasteiger partial charge is 0.309 e. The van der Waals surface area contributed by atoms with E-state index in [0.29, 0.717) is 11.8 Å². The van der Waals surface area contributed by atoms with Crippen LogP contribution < -0.4 is 0 Å². The highest BCUT2D eigenvalue weighted by Crippen LogP contribution is 2.68. The van der Waals surface area contributed by atoms with Crippen LogP contribution >= 0.6 is 0 Å². The van der Waals surface area contributed by atoms with Crippen LogP contribution in [0.25, 0.3) is 99.2 Å². The highest BCUT2D eigenvalue weighted by atomic mass is 15.1.